The number of β-lactam (4-membered cyclic amide) rings is 1. The molecular weight excluding hydrogens is 570 g/mol. The molecule has 0 aromatic heterocycles. The van der Waals surface area contributed by atoms with Gasteiger partial charge in [-0.05, 0) is 49.2 Å². The molecular formula is C29H30ClN3O7S. The third-order valence-electron chi connectivity index (χ3n) is 7.95. The predicted octanol–water partition coefficient (Wildman–Crippen LogP) is 3.51. The highest BCUT2D eigenvalue weighted by molar-refractivity contribution is 8.03. The number of carbonyl (C=O) groups excluding carboxylic acids is 2. The Morgan fingerprint density at radius 3 is 2.46 bits per heavy atom. The van der Waals surface area contributed by atoms with Crippen LogP contribution in [-0.4, -0.2) is 78.9 Å². The van der Waals surface area contributed by atoms with Crippen molar-refractivity contribution in [2.45, 2.75) is 50.3 Å². The lowest BCUT2D eigenvalue weighted by atomic mass is 9.79. The van der Waals surface area contributed by atoms with Crippen LogP contribution in [0.4, 0.5) is 5.69 Å². The summed E-state index contributed by atoms with van der Waals surface area (Å²) in [6.07, 6.45) is -0.482. The number of anilines is 1. The topological polar surface area (TPSA) is 147 Å². The van der Waals surface area contributed by atoms with Crippen LogP contribution < -0.4 is 5.32 Å². The summed E-state index contributed by atoms with van der Waals surface area (Å²) in [5.74, 6) is -3.91. The van der Waals surface area contributed by atoms with Gasteiger partial charge in [-0.2, -0.15) is 0 Å². The van der Waals surface area contributed by atoms with Crippen LogP contribution in [0.5, 0.6) is 0 Å². The molecule has 4 N–H and O–H groups in total. The van der Waals surface area contributed by atoms with E-state index in [1.807, 2.05) is 24.0 Å². The highest BCUT2D eigenvalue weighted by Gasteiger charge is 2.60. The maximum atomic E-state index is 13.5. The number of fused-ring (bicyclic) bond motifs is 1. The van der Waals surface area contributed by atoms with Crippen LogP contribution in [0.2, 0.25) is 5.02 Å². The lowest BCUT2D eigenvalue weighted by Crippen LogP contribution is -2.63. The highest BCUT2D eigenvalue weighted by Crippen LogP contribution is 2.52. The lowest BCUT2D eigenvalue weighted by molar-refractivity contribution is -0.163. The number of hydrogen-bond acceptors (Lipinski definition) is 7. The smallest absolute Gasteiger partial charge is 0.353 e. The molecule has 2 saturated heterocycles. The first-order valence-electron chi connectivity index (χ1n) is 13.2. The van der Waals surface area contributed by atoms with Crippen molar-refractivity contribution in [1.29, 1.82) is 0 Å². The third kappa shape index (κ3) is 5.59. The molecule has 2 aromatic rings. The maximum absolute atomic E-state index is 13.5. The predicted molar refractivity (Wildman–Crippen MR) is 153 cm³/mol. The van der Waals surface area contributed by atoms with E-state index in [0.29, 0.717) is 35.1 Å². The Bertz CT molecular complexity index is 1430. The molecule has 0 radical (unpaired) electrons. The standard InChI is InChI=1S/C29H30ClN3O7S/c1-14-23-22(15(2)34)27(36)33(23)24(29(39)40)25(14)41-20-11-21(32(13-20)12-16-6-8-18(30)9-7-16)26(35)31-19-5-3-4-17(10-19)28(37)38/h3-10,14-15,20-23,34H,11-13H2,1-2H3,(H,31,35)(H,37,38)(H,39,40)/t14-,15-,20+,21+,22-,23-/m1/s1. The van der Waals surface area contributed by atoms with Gasteiger partial charge in [0.15, 0.2) is 0 Å². The molecule has 0 bridgehead atoms. The SMILES string of the molecule is C[C@@H](O)[C@H]1C(=O)N2C(C(=O)O)=C(S[C@H]3C[C@@H](C(=O)Nc4cccc(C(=O)O)c4)N(Cc4ccc(Cl)cc4)C3)[C@H](C)[C@H]12. The minimum Gasteiger partial charge on any atom is -0.478 e. The van der Waals surface area contributed by atoms with Crippen LogP contribution in [0.15, 0.2) is 59.1 Å². The molecule has 0 unspecified atom stereocenters. The Balaban J connectivity index is 1.39. The summed E-state index contributed by atoms with van der Waals surface area (Å²) < 4.78 is 0. The number of likely N-dealkylation sites (tertiary alicyclic amines) is 1. The van der Waals surface area contributed by atoms with Gasteiger partial charge in [0, 0.05) is 39.9 Å². The van der Waals surface area contributed by atoms with Crippen LogP contribution in [-0.2, 0) is 20.9 Å². The molecule has 2 aromatic carbocycles. The zero-order valence-electron chi connectivity index (χ0n) is 22.4. The second kappa shape index (κ2) is 11.5. The molecule has 2 fully saturated rings. The van der Waals surface area contributed by atoms with E-state index in [1.165, 1.54) is 28.8 Å². The molecule has 41 heavy (non-hydrogen) atoms. The Labute approximate surface area is 246 Å². The van der Waals surface area contributed by atoms with Crippen molar-refractivity contribution in [2.24, 2.45) is 11.8 Å². The van der Waals surface area contributed by atoms with E-state index in [-0.39, 0.29) is 34.2 Å². The summed E-state index contributed by atoms with van der Waals surface area (Å²) in [6.45, 7) is 4.33. The number of aliphatic hydroxyl groups is 1. The van der Waals surface area contributed by atoms with E-state index in [2.05, 4.69) is 5.32 Å². The van der Waals surface area contributed by atoms with Crippen molar-refractivity contribution in [2.75, 3.05) is 11.9 Å². The molecule has 3 aliphatic heterocycles. The van der Waals surface area contributed by atoms with Crippen molar-refractivity contribution in [3.63, 3.8) is 0 Å². The zero-order valence-corrected chi connectivity index (χ0v) is 23.9. The fourth-order valence-electron chi connectivity index (χ4n) is 6.03. The number of nitrogens with one attached hydrogen (secondary N) is 1. The number of carbonyl (C=O) groups is 4. The number of hydrogen-bond donors (Lipinski definition) is 4. The van der Waals surface area contributed by atoms with Gasteiger partial charge in [0.25, 0.3) is 0 Å². The molecule has 0 spiro atoms. The first-order valence-corrected chi connectivity index (χ1v) is 14.5. The number of halogens is 1. The number of carboxylic acid groups (broad SMARTS) is 2. The van der Waals surface area contributed by atoms with Crippen molar-refractivity contribution >= 4 is 52.8 Å². The number of carboxylic acids is 2. The highest BCUT2D eigenvalue weighted by atomic mass is 35.5. The van der Waals surface area contributed by atoms with Gasteiger partial charge >= 0.3 is 11.9 Å². The first-order chi connectivity index (χ1) is 19.5. The number of thioether (sulfide) groups is 1. The van der Waals surface area contributed by atoms with Crippen LogP contribution in [0, 0.1) is 11.8 Å². The number of aliphatic carboxylic acids is 1. The maximum Gasteiger partial charge on any atom is 0.353 e. The summed E-state index contributed by atoms with van der Waals surface area (Å²) >= 11 is 7.43. The average Bonchev–Trinajstić information content (AvgIpc) is 3.42. The Hall–Kier alpha value is -3.38. The number of rotatable bonds is 9. The fourth-order valence-corrected chi connectivity index (χ4v) is 7.71. The van der Waals surface area contributed by atoms with Gasteiger partial charge in [-0.3, -0.25) is 14.5 Å². The van der Waals surface area contributed by atoms with E-state index >= 15 is 0 Å². The normalized spacial score (nSPS) is 26.5. The largest absolute Gasteiger partial charge is 0.478 e. The molecule has 0 aliphatic carbocycles. The average molecular weight is 600 g/mol. The van der Waals surface area contributed by atoms with Crippen LogP contribution in [0.3, 0.4) is 0 Å². The minimum atomic E-state index is -1.19. The van der Waals surface area contributed by atoms with E-state index in [0.717, 1.165) is 5.56 Å². The van der Waals surface area contributed by atoms with Gasteiger partial charge in [-0.1, -0.05) is 36.7 Å². The molecule has 2 amide bonds. The molecule has 3 heterocycles. The molecule has 10 nitrogen and oxygen atoms in total. The molecule has 12 heteroatoms. The quantitative estimate of drug-likeness (QED) is 0.318. The Morgan fingerprint density at radius 2 is 1.83 bits per heavy atom. The molecule has 0 saturated carbocycles. The van der Waals surface area contributed by atoms with E-state index in [9.17, 15) is 34.5 Å². The number of aliphatic hydroxyl groups excluding tert-OH is 1. The van der Waals surface area contributed by atoms with Crippen molar-refractivity contribution < 1.29 is 34.5 Å². The second-order valence-electron chi connectivity index (χ2n) is 10.7. The van der Waals surface area contributed by atoms with Gasteiger partial charge in [0.1, 0.15) is 5.70 Å². The molecule has 5 rings (SSSR count). The van der Waals surface area contributed by atoms with Crippen molar-refractivity contribution in [1.82, 2.24) is 9.80 Å². The number of amides is 2. The monoisotopic (exact) mass is 599 g/mol. The van der Waals surface area contributed by atoms with Gasteiger partial charge in [-0.15, -0.1) is 11.8 Å². The van der Waals surface area contributed by atoms with E-state index in [4.69, 9.17) is 11.6 Å². The van der Waals surface area contributed by atoms with Crippen LogP contribution in [0.25, 0.3) is 0 Å². The number of nitrogens with zero attached hydrogens (tertiary/aromatic N) is 2. The number of aromatic carboxylic acids is 1. The van der Waals surface area contributed by atoms with Crippen molar-refractivity contribution in [3.8, 4) is 0 Å². The van der Waals surface area contributed by atoms with Gasteiger partial charge in [0.2, 0.25) is 11.8 Å². The summed E-state index contributed by atoms with van der Waals surface area (Å²) in [5, 5.41) is 32.8. The molecule has 3 aliphatic rings. The summed E-state index contributed by atoms with van der Waals surface area (Å²) in [7, 11) is 0. The zero-order chi connectivity index (χ0) is 29.6. The molecule has 6 atom stereocenters. The summed E-state index contributed by atoms with van der Waals surface area (Å²) in [5.41, 5.74) is 1.32. The fraction of sp³-hybridized carbons (Fsp3) is 0.379. The molecule has 216 valence electrons. The van der Waals surface area contributed by atoms with Gasteiger partial charge < -0.3 is 25.5 Å². The first kappa shape index (κ1) is 29.1. The Morgan fingerprint density at radius 1 is 1.12 bits per heavy atom. The third-order valence-corrected chi connectivity index (χ3v) is 9.69. The minimum absolute atomic E-state index is 0.0444. The second-order valence-corrected chi connectivity index (χ2v) is 12.5. The van der Waals surface area contributed by atoms with E-state index < -0.39 is 36.0 Å². The van der Waals surface area contributed by atoms with Gasteiger partial charge in [0.05, 0.1) is 29.7 Å². The van der Waals surface area contributed by atoms with Crippen LogP contribution in [0.1, 0.15) is 36.2 Å². The summed E-state index contributed by atoms with van der Waals surface area (Å²) in [6, 6.07) is 12.3. The van der Waals surface area contributed by atoms with Crippen molar-refractivity contribution in [3.05, 3.63) is 75.3 Å². The Kier molecular flexibility index (Phi) is 8.15. The summed E-state index contributed by atoms with van der Waals surface area (Å²) in [4.78, 5) is 53.8. The lowest BCUT2D eigenvalue weighted by Gasteiger charge is -2.46. The van der Waals surface area contributed by atoms with E-state index in [1.54, 1.807) is 31.2 Å². The number of benzene rings is 2. The van der Waals surface area contributed by atoms with Gasteiger partial charge in [-0.25, -0.2) is 9.59 Å². The van der Waals surface area contributed by atoms with Crippen LogP contribution >= 0.6 is 23.4 Å².